The van der Waals surface area contributed by atoms with Crippen molar-refractivity contribution in [3.8, 4) is 5.75 Å². The number of methoxy groups -OCH3 is 1. The number of aryl methyl sites for hydroxylation is 1. The zero-order chi connectivity index (χ0) is 13.7. The maximum atomic E-state index is 11.7. The summed E-state index contributed by atoms with van der Waals surface area (Å²) in [5, 5.41) is 12.7. The fourth-order valence-corrected chi connectivity index (χ4v) is 2.08. The predicted octanol–water partition coefficient (Wildman–Crippen LogP) is 1.05. The number of amides is 1. The van der Waals surface area contributed by atoms with Gasteiger partial charge in [0.05, 0.1) is 18.9 Å². The van der Waals surface area contributed by atoms with E-state index in [9.17, 15) is 9.90 Å². The quantitative estimate of drug-likeness (QED) is 0.805. The topological polar surface area (TPSA) is 71.5 Å². The summed E-state index contributed by atoms with van der Waals surface area (Å²) in [6, 6.07) is 1.87. The molecule has 2 rings (SSSR count). The van der Waals surface area contributed by atoms with Gasteiger partial charge in [-0.2, -0.15) is 0 Å². The molecule has 19 heavy (non-hydrogen) atoms. The van der Waals surface area contributed by atoms with Gasteiger partial charge < -0.3 is 15.2 Å². The molecule has 1 aromatic rings. The molecule has 0 bridgehead atoms. The molecule has 0 aliphatic heterocycles. The molecule has 0 saturated heterocycles. The number of rotatable bonds is 6. The molecule has 1 fully saturated rings. The lowest BCUT2D eigenvalue weighted by molar-refractivity contribution is -0.123. The third-order valence-electron chi connectivity index (χ3n) is 3.55. The van der Waals surface area contributed by atoms with Crippen molar-refractivity contribution in [1.82, 2.24) is 10.3 Å². The van der Waals surface area contributed by atoms with Gasteiger partial charge in [0.25, 0.3) is 0 Å². The fraction of sp³-hybridized carbons (Fsp3) is 0.571. The molecule has 5 heteroatoms. The van der Waals surface area contributed by atoms with E-state index in [2.05, 4.69) is 10.3 Å². The van der Waals surface area contributed by atoms with Crippen LogP contribution in [0.3, 0.4) is 0 Å². The Hall–Kier alpha value is -1.62. The van der Waals surface area contributed by atoms with Crippen LogP contribution in [0.4, 0.5) is 0 Å². The molecule has 1 aromatic heterocycles. The summed E-state index contributed by atoms with van der Waals surface area (Å²) in [5.74, 6) is 0.657. The Kier molecular flexibility index (Phi) is 4.37. The molecule has 0 atom stereocenters. The van der Waals surface area contributed by atoms with Gasteiger partial charge in [-0.05, 0) is 37.3 Å². The average molecular weight is 264 g/mol. The number of pyridine rings is 1. The molecule has 1 amide bonds. The van der Waals surface area contributed by atoms with E-state index >= 15 is 0 Å². The highest BCUT2D eigenvalue weighted by atomic mass is 16.5. The lowest BCUT2D eigenvalue weighted by Gasteiger charge is -2.36. The molecule has 0 unspecified atom stereocenters. The normalized spacial score (nSPS) is 16.5. The van der Waals surface area contributed by atoms with Crippen LogP contribution in [0, 0.1) is 0 Å². The van der Waals surface area contributed by atoms with Crippen LogP contribution in [0.1, 0.15) is 31.2 Å². The van der Waals surface area contributed by atoms with Crippen LogP contribution < -0.4 is 10.1 Å². The summed E-state index contributed by atoms with van der Waals surface area (Å²) >= 11 is 0. The van der Waals surface area contributed by atoms with E-state index in [-0.39, 0.29) is 5.91 Å². The minimum absolute atomic E-state index is 0.0388. The number of carbonyl (C=O) groups excluding carboxylic acids is 1. The van der Waals surface area contributed by atoms with E-state index in [4.69, 9.17) is 4.74 Å². The van der Waals surface area contributed by atoms with Crippen LogP contribution in [0.25, 0.3) is 0 Å². The van der Waals surface area contributed by atoms with Gasteiger partial charge in [0.1, 0.15) is 5.75 Å². The molecule has 1 aliphatic rings. The predicted molar refractivity (Wildman–Crippen MR) is 70.9 cm³/mol. The number of hydrogen-bond donors (Lipinski definition) is 2. The number of hydrogen-bond acceptors (Lipinski definition) is 4. The van der Waals surface area contributed by atoms with E-state index in [1.807, 2.05) is 6.07 Å². The monoisotopic (exact) mass is 264 g/mol. The van der Waals surface area contributed by atoms with Crippen molar-refractivity contribution < 1.29 is 14.6 Å². The van der Waals surface area contributed by atoms with Crippen LogP contribution >= 0.6 is 0 Å². The van der Waals surface area contributed by atoms with Gasteiger partial charge in [-0.3, -0.25) is 9.78 Å². The Balaban J connectivity index is 1.73. The fourth-order valence-electron chi connectivity index (χ4n) is 2.08. The molecule has 104 valence electrons. The van der Waals surface area contributed by atoms with Crippen molar-refractivity contribution in [2.24, 2.45) is 0 Å². The minimum atomic E-state index is -0.660. The second-order valence-corrected chi connectivity index (χ2v) is 5.09. The molecule has 1 aliphatic carbocycles. The summed E-state index contributed by atoms with van der Waals surface area (Å²) < 4.78 is 5.08. The van der Waals surface area contributed by atoms with E-state index in [0.717, 1.165) is 24.8 Å². The standard InChI is InChI=1S/C14H20N2O3/c1-19-12-7-11(8-15-9-12)3-4-13(17)16-10-14(18)5-2-6-14/h7-9,18H,2-6,10H2,1H3,(H,16,17). The van der Waals surface area contributed by atoms with Crippen LogP contribution in [-0.4, -0.2) is 35.3 Å². The maximum absolute atomic E-state index is 11.7. The smallest absolute Gasteiger partial charge is 0.220 e. The molecule has 5 nitrogen and oxygen atoms in total. The van der Waals surface area contributed by atoms with Crippen LogP contribution in [0.5, 0.6) is 5.75 Å². The van der Waals surface area contributed by atoms with Crippen molar-refractivity contribution in [3.63, 3.8) is 0 Å². The molecule has 0 spiro atoms. The Morgan fingerprint density at radius 1 is 1.53 bits per heavy atom. The molecule has 2 N–H and O–H groups in total. The van der Waals surface area contributed by atoms with Crippen molar-refractivity contribution in [2.45, 2.75) is 37.7 Å². The van der Waals surface area contributed by atoms with Gasteiger partial charge in [0, 0.05) is 19.2 Å². The number of aromatic nitrogens is 1. The number of ether oxygens (including phenoxy) is 1. The van der Waals surface area contributed by atoms with E-state index in [1.54, 1.807) is 19.5 Å². The van der Waals surface area contributed by atoms with Gasteiger partial charge in [0.15, 0.2) is 0 Å². The molecule has 0 radical (unpaired) electrons. The molecule has 1 heterocycles. The van der Waals surface area contributed by atoms with Gasteiger partial charge >= 0.3 is 0 Å². The first-order valence-electron chi connectivity index (χ1n) is 6.58. The van der Waals surface area contributed by atoms with Crippen molar-refractivity contribution >= 4 is 5.91 Å². The first-order valence-corrected chi connectivity index (χ1v) is 6.58. The zero-order valence-corrected chi connectivity index (χ0v) is 11.2. The summed E-state index contributed by atoms with van der Waals surface area (Å²) in [5.41, 5.74) is 0.310. The number of nitrogens with zero attached hydrogens (tertiary/aromatic N) is 1. The first kappa shape index (κ1) is 13.8. The number of carbonyl (C=O) groups is 1. The average Bonchev–Trinajstić information content (AvgIpc) is 2.41. The number of nitrogens with one attached hydrogen (secondary N) is 1. The van der Waals surface area contributed by atoms with Crippen molar-refractivity contribution in [1.29, 1.82) is 0 Å². The first-order chi connectivity index (χ1) is 9.11. The summed E-state index contributed by atoms with van der Waals surface area (Å²) in [6.07, 6.45) is 6.99. The third-order valence-corrected chi connectivity index (χ3v) is 3.55. The Morgan fingerprint density at radius 3 is 2.95 bits per heavy atom. The highest BCUT2D eigenvalue weighted by Gasteiger charge is 2.34. The van der Waals surface area contributed by atoms with E-state index in [0.29, 0.717) is 25.1 Å². The second kappa shape index (κ2) is 6.02. The second-order valence-electron chi connectivity index (χ2n) is 5.09. The lowest BCUT2D eigenvalue weighted by atomic mass is 9.80. The summed E-state index contributed by atoms with van der Waals surface area (Å²) in [4.78, 5) is 15.7. The largest absolute Gasteiger partial charge is 0.495 e. The Labute approximate surface area is 113 Å². The van der Waals surface area contributed by atoms with Crippen molar-refractivity contribution in [2.75, 3.05) is 13.7 Å². The van der Waals surface area contributed by atoms with E-state index < -0.39 is 5.60 Å². The SMILES string of the molecule is COc1cncc(CCC(=O)NCC2(O)CCC2)c1. The summed E-state index contributed by atoms with van der Waals surface area (Å²) in [6.45, 7) is 0.363. The molecule has 0 aromatic carbocycles. The minimum Gasteiger partial charge on any atom is -0.495 e. The van der Waals surface area contributed by atoms with Crippen LogP contribution in [-0.2, 0) is 11.2 Å². The number of aliphatic hydroxyl groups is 1. The third kappa shape index (κ3) is 3.92. The zero-order valence-electron chi connectivity index (χ0n) is 11.2. The van der Waals surface area contributed by atoms with Crippen LogP contribution in [0.2, 0.25) is 0 Å². The van der Waals surface area contributed by atoms with Gasteiger partial charge in [-0.25, -0.2) is 0 Å². The maximum Gasteiger partial charge on any atom is 0.220 e. The molecule has 1 saturated carbocycles. The Bertz CT molecular complexity index is 444. The van der Waals surface area contributed by atoms with Crippen molar-refractivity contribution in [3.05, 3.63) is 24.0 Å². The highest BCUT2D eigenvalue weighted by Crippen LogP contribution is 2.30. The lowest BCUT2D eigenvalue weighted by Crippen LogP contribution is -2.47. The molecular weight excluding hydrogens is 244 g/mol. The Morgan fingerprint density at radius 2 is 2.32 bits per heavy atom. The van der Waals surface area contributed by atoms with E-state index in [1.165, 1.54) is 0 Å². The van der Waals surface area contributed by atoms with Crippen LogP contribution in [0.15, 0.2) is 18.5 Å². The van der Waals surface area contributed by atoms with Gasteiger partial charge in [0.2, 0.25) is 5.91 Å². The van der Waals surface area contributed by atoms with Gasteiger partial charge in [-0.15, -0.1) is 0 Å². The van der Waals surface area contributed by atoms with Gasteiger partial charge in [-0.1, -0.05) is 0 Å². The highest BCUT2D eigenvalue weighted by molar-refractivity contribution is 5.76. The summed E-state index contributed by atoms with van der Waals surface area (Å²) in [7, 11) is 1.59. The molecular formula is C14H20N2O3.